The Morgan fingerprint density at radius 3 is 1.43 bits per heavy atom. The summed E-state index contributed by atoms with van der Waals surface area (Å²) in [6.07, 6.45) is 2.09. The summed E-state index contributed by atoms with van der Waals surface area (Å²) in [5, 5.41) is 0. The van der Waals surface area contributed by atoms with Crippen molar-refractivity contribution in [1.29, 1.82) is 0 Å². The van der Waals surface area contributed by atoms with Crippen LogP contribution in [0, 0.1) is 6.92 Å². The molecule has 0 saturated heterocycles. The fraction of sp³-hybridized carbons (Fsp3) is 0.455. The van der Waals surface area contributed by atoms with Crippen LogP contribution in [0.4, 0.5) is 0 Å². The zero-order valence-corrected chi connectivity index (χ0v) is 13.3. The first-order valence-electron chi connectivity index (χ1n) is 4.69. The van der Waals surface area contributed by atoms with Crippen LogP contribution < -0.4 is 0 Å². The predicted octanol–water partition coefficient (Wildman–Crippen LogP) is 5.41. The van der Waals surface area contributed by atoms with Crippen LogP contribution in [0.2, 0.25) is 0 Å². The van der Waals surface area contributed by atoms with Crippen LogP contribution in [-0.4, -0.2) is 0 Å². The molecule has 0 bridgehead atoms. The second-order valence-corrected chi connectivity index (χ2v) is 5.61. The highest BCUT2D eigenvalue weighted by atomic mass is 79.9. The molecule has 0 amide bonds. The average Bonchev–Trinajstić information content (AvgIpc) is 2.16. The number of hydrogen-bond donors (Lipinski definition) is 0. The Labute approximate surface area is 111 Å². The van der Waals surface area contributed by atoms with Gasteiger partial charge in [-0.15, -0.1) is 0 Å². The van der Waals surface area contributed by atoms with Gasteiger partial charge in [-0.3, -0.25) is 0 Å². The van der Waals surface area contributed by atoms with Crippen molar-refractivity contribution in [2.45, 2.75) is 33.6 Å². The van der Waals surface area contributed by atoms with Crippen molar-refractivity contribution < 1.29 is 0 Å². The van der Waals surface area contributed by atoms with E-state index in [9.17, 15) is 0 Å². The minimum absolute atomic E-state index is 1.04. The highest BCUT2D eigenvalue weighted by Gasteiger charge is 2.15. The third kappa shape index (κ3) is 2.10. The van der Waals surface area contributed by atoms with Gasteiger partial charge in [-0.05, 0) is 36.5 Å². The number of hydrogen-bond acceptors (Lipinski definition) is 0. The maximum Gasteiger partial charge on any atom is 0.0261 e. The molecule has 1 aromatic carbocycles. The van der Waals surface area contributed by atoms with Crippen LogP contribution in [0.3, 0.4) is 0 Å². The third-order valence-corrected chi connectivity index (χ3v) is 5.53. The highest BCUT2D eigenvalue weighted by molar-refractivity contribution is 9.11. The molecule has 0 atom stereocenters. The van der Waals surface area contributed by atoms with E-state index in [1.165, 1.54) is 30.1 Å². The van der Waals surface area contributed by atoms with Crippen LogP contribution in [0.15, 0.2) is 13.4 Å². The van der Waals surface area contributed by atoms with Gasteiger partial charge in [0.2, 0.25) is 0 Å². The molecule has 0 aliphatic rings. The van der Waals surface area contributed by atoms with Gasteiger partial charge in [-0.25, -0.2) is 0 Å². The Balaban J connectivity index is 3.56. The van der Waals surface area contributed by atoms with E-state index in [0.717, 1.165) is 12.8 Å². The van der Waals surface area contributed by atoms with E-state index in [4.69, 9.17) is 0 Å². The largest absolute Gasteiger partial charge is 0.0612 e. The van der Waals surface area contributed by atoms with Gasteiger partial charge in [0.15, 0.2) is 0 Å². The monoisotopic (exact) mass is 382 g/mol. The molecule has 0 N–H and O–H groups in total. The van der Waals surface area contributed by atoms with Crippen molar-refractivity contribution in [3.63, 3.8) is 0 Å². The first-order valence-corrected chi connectivity index (χ1v) is 7.07. The Bertz CT molecular complexity index is 325. The molecule has 0 aromatic heterocycles. The molecular formula is C11H13Br3. The van der Waals surface area contributed by atoms with Crippen molar-refractivity contribution in [2.75, 3.05) is 0 Å². The van der Waals surface area contributed by atoms with Gasteiger partial charge in [-0.2, -0.15) is 0 Å². The maximum absolute atomic E-state index is 3.68. The third-order valence-electron chi connectivity index (χ3n) is 2.43. The summed E-state index contributed by atoms with van der Waals surface area (Å²) in [6.45, 7) is 6.49. The van der Waals surface area contributed by atoms with E-state index in [2.05, 4.69) is 68.6 Å². The zero-order valence-electron chi connectivity index (χ0n) is 8.55. The lowest BCUT2D eigenvalue weighted by Crippen LogP contribution is -1.97. The molecule has 0 radical (unpaired) electrons. The van der Waals surface area contributed by atoms with Crippen molar-refractivity contribution >= 4 is 47.8 Å². The van der Waals surface area contributed by atoms with E-state index in [1.54, 1.807) is 0 Å². The van der Waals surface area contributed by atoms with Gasteiger partial charge in [0.1, 0.15) is 0 Å². The molecule has 0 nitrogen and oxygen atoms in total. The van der Waals surface area contributed by atoms with Gasteiger partial charge >= 0.3 is 0 Å². The van der Waals surface area contributed by atoms with E-state index in [-0.39, 0.29) is 0 Å². The minimum Gasteiger partial charge on any atom is -0.0612 e. The SMILES string of the molecule is CCc1c(Br)c(C)c(Br)c(CC)c1Br. The van der Waals surface area contributed by atoms with Crippen molar-refractivity contribution in [1.82, 2.24) is 0 Å². The maximum atomic E-state index is 3.68. The normalized spacial score (nSPS) is 10.7. The number of benzene rings is 1. The highest BCUT2D eigenvalue weighted by Crippen LogP contribution is 2.38. The molecule has 78 valence electrons. The van der Waals surface area contributed by atoms with E-state index < -0.39 is 0 Å². The van der Waals surface area contributed by atoms with Crippen molar-refractivity contribution in [3.8, 4) is 0 Å². The molecule has 1 rings (SSSR count). The first-order chi connectivity index (χ1) is 6.54. The summed E-state index contributed by atoms with van der Waals surface area (Å²) < 4.78 is 3.68. The lowest BCUT2D eigenvalue weighted by atomic mass is 10.0. The Morgan fingerprint density at radius 1 is 0.786 bits per heavy atom. The van der Waals surface area contributed by atoms with Gasteiger partial charge in [-0.1, -0.05) is 61.6 Å². The summed E-state index contributed by atoms with van der Waals surface area (Å²) in [4.78, 5) is 0. The van der Waals surface area contributed by atoms with Crippen LogP contribution >= 0.6 is 47.8 Å². The van der Waals surface area contributed by atoms with Crippen LogP contribution in [-0.2, 0) is 12.8 Å². The number of halogens is 3. The van der Waals surface area contributed by atoms with Crippen LogP contribution in [0.5, 0.6) is 0 Å². The molecule has 0 unspecified atom stereocenters. The van der Waals surface area contributed by atoms with E-state index in [1.807, 2.05) is 0 Å². The average molecular weight is 385 g/mol. The topological polar surface area (TPSA) is 0 Å². The Morgan fingerprint density at radius 2 is 1.14 bits per heavy atom. The van der Waals surface area contributed by atoms with Crippen LogP contribution in [0.1, 0.15) is 30.5 Å². The molecular weight excluding hydrogens is 372 g/mol. The van der Waals surface area contributed by atoms with Gasteiger partial charge in [0.25, 0.3) is 0 Å². The Kier molecular flexibility index (Phi) is 4.66. The quantitative estimate of drug-likeness (QED) is 0.639. The van der Waals surface area contributed by atoms with Crippen molar-refractivity contribution in [3.05, 3.63) is 30.1 Å². The summed E-state index contributed by atoms with van der Waals surface area (Å²) >= 11 is 11.0. The fourth-order valence-corrected chi connectivity index (χ4v) is 4.65. The van der Waals surface area contributed by atoms with Gasteiger partial charge < -0.3 is 0 Å². The summed E-state index contributed by atoms with van der Waals surface area (Å²) in [7, 11) is 0. The first kappa shape index (κ1) is 12.7. The summed E-state index contributed by atoms with van der Waals surface area (Å²) in [6, 6.07) is 0. The minimum atomic E-state index is 1.04. The van der Waals surface area contributed by atoms with Gasteiger partial charge in [0, 0.05) is 13.4 Å². The second-order valence-electron chi connectivity index (χ2n) is 3.23. The molecule has 3 heteroatoms. The number of rotatable bonds is 2. The lowest BCUT2D eigenvalue weighted by Gasteiger charge is -2.15. The van der Waals surface area contributed by atoms with E-state index in [0.29, 0.717) is 0 Å². The molecule has 1 aromatic rings. The lowest BCUT2D eigenvalue weighted by molar-refractivity contribution is 1.03. The Hall–Kier alpha value is 0.660. The van der Waals surface area contributed by atoms with Gasteiger partial charge in [0.05, 0.1) is 0 Å². The summed E-state index contributed by atoms with van der Waals surface area (Å²) in [5.74, 6) is 0. The molecule has 0 spiro atoms. The molecule has 14 heavy (non-hydrogen) atoms. The molecule has 0 fully saturated rings. The molecule has 0 saturated carbocycles. The van der Waals surface area contributed by atoms with Crippen molar-refractivity contribution in [2.24, 2.45) is 0 Å². The summed E-state index contributed by atoms with van der Waals surface area (Å²) in [5.41, 5.74) is 4.02. The molecule has 0 aliphatic heterocycles. The zero-order chi connectivity index (χ0) is 10.9. The van der Waals surface area contributed by atoms with E-state index >= 15 is 0 Å². The second kappa shape index (κ2) is 5.13. The predicted molar refractivity (Wildman–Crippen MR) is 73.0 cm³/mol. The fourth-order valence-electron chi connectivity index (χ4n) is 1.54. The smallest absolute Gasteiger partial charge is 0.0261 e. The van der Waals surface area contributed by atoms with Crippen LogP contribution in [0.25, 0.3) is 0 Å². The standard InChI is InChI=1S/C11H13Br3/c1-4-7-9(12)6(3)10(13)8(5-2)11(7)14/h4-5H2,1-3H3. The molecule has 0 aliphatic carbocycles. The molecule has 0 heterocycles.